The summed E-state index contributed by atoms with van der Waals surface area (Å²) >= 11 is 18.7. The van der Waals surface area contributed by atoms with E-state index in [0.29, 0.717) is 21.5 Å². The van der Waals surface area contributed by atoms with Crippen LogP contribution in [0.15, 0.2) is 30.3 Å². The summed E-state index contributed by atoms with van der Waals surface area (Å²) in [5.74, 6) is -1.13. The third kappa shape index (κ3) is 6.97. The summed E-state index contributed by atoms with van der Waals surface area (Å²) in [5, 5.41) is 3.79. The van der Waals surface area contributed by atoms with Gasteiger partial charge in [-0.25, -0.2) is 14.0 Å². The molecule has 198 valence electrons. The first-order chi connectivity index (χ1) is 17.7. The van der Waals surface area contributed by atoms with Gasteiger partial charge in [0.1, 0.15) is 31.3 Å². The fraction of sp³-hybridized carbons (Fsp3) is 0.292. The molecule has 2 aromatic carbocycles. The number of ether oxygens (including phenoxy) is 3. The Kier molecular flexibility index (Phi) is 9.85. The summed E-state index contributed by atoms with van der Waals surface area (Å²) in [7, 11) is 1.18. The van der Waals surface area contributed by atoms with Crippen molar-refractivity contribution in [3.05, 3.63) is 56.7 Å². The Morgan fingerprint density at radius 1 is 1.11 bits per heavy atom. The largest absolute Gasteiger partial charge is 0.489 e. The van der Waals surface area contributed by atoms with E-state index in [9.17, 15) is 18.8 Å². The number of aromatic amines is 1. The lowest BCUT2D eigenvalue weighted by Gasteiger charge is -2.23. The van der Waals surface area contributed by atoms with Gasteiger partial charge in [0.15, 0.2) is 0 Å². The second kappa shape index (κ2) is 12.8. The van der Waals surface area contributed by atoms with E-state index in [1.807, 2.05) is 0 Å². The van der Waals surface area contributed by atoms with Gasteiger partial charge in [-0.15, -0.1) is 0 Å². The van der Waals surface area contributed by atoms with Crippen LogP contribution in [0, 0.1) is 0 Å². The number of esters is 2. The van der Waals surface area contributed by atoms with E-state index in [1.165, 1.54) is 31.4 Å². The lowest BCUT2D eigenvalue weighted by atomic mass is 10.1. The van der Waals surface area contributed by atoms with Crippen LogP contribution in [-0.4, -0.2) is 61.4 Å². The summed E-state index contributed by atoms with van der Waals surface area (Å²) in [5.41, 5.74) is 1.11. The molecule has 9 nitrogen and oxygen atoms in total. The van der Waals surface area contributed by atoms with Crippen molar-refractivity contribution in [2.45, 2.75) is 13.5 Å². The third-order valence-corrected chi connectivity index (χ3v) is 5.91. The number of fused-ring (bicyclic) bond motifs is 1. The Bertz CT molecular complexity index is 1320. The van der Waals surface area contributed by atoms with Crippen LogP contribution in [0.2, 0.25) is 15.1 Å². The number of hydrogen-bond acceptors (Lipinski definition) is 6. The molecule has 0 saturated carbocycles. The quantitative estimate of drug-likeness (QED) is 0.294. The van der Waals surface area contributed by atoms with E-state index in [-0.39, 0.29) is 46.9 Å². The number of amides is 2. The Balaban J connectivity index is 1.97. The molecule has 0 fully saturated rings. The van der Waals surface area contributed by atoms with Gasteiger partial charge in [-0.05, 0) is 37.3 Å². The van der Waals surface area contributed by atoms with E-state index in [2.05, 4.69) is 10.3 Å². The molecule has 13 heteroatoms. The Morgan fingerprint density at radius 2 is 1.86 bits per heavy atom. The SMILES string of the molecule is CCOC(=O)c1[nH]c2cc(Cl)cc(Cl)c2c1CN(CC(=O)OC)C(=O)Nc1ccc(OCCF)c(Cl)c1. The van der Waals surface area contributed by atoms with Gasteiger partial charge in [0.25, 0.3) is 0 Å². The first-order valence-electron chi connectivity index (χ1n) is 11.0. The minimum Gasteiger partial charge on any atom is -0.489 e. The molecule has 1 aromatic heterocycles. The molecule has 1 heterocycles. The van der Waals surface area contributed by atoms with E-state index >= 15 is 0 Å². The summed E-state index contributed by atoms with van der Waals surface area (Å²) in [6.45, 7) is 0.241. The van der Waals surface area contributed by atoms with Crippen molar-refractivity contribution in [2.24, 2.45) is 0 Å². The van der Waals surface area contributed by atoms with Gasteiger partial charge >= 0.3 is 18.0 Å². The maximum absolute atomic E-state index is 13.2. The minimum atomic E-state index is -0.701. The summed E-state index contributed by atoms with van der Waals surface area (Å²) in [6.07, 6.45) is 0. The topological polar surface area (TPSA) is 110 Å². The highest BCUT2D eigenvalue weighted by atomic mass is 35.5. The second-order valence-corrected chi connectivity index (χ2v) is 8.81. The molecular formula is C24H23Cl3FN3O6. The summed E-state index contributed by atoms with van der Waals surface area (Å²) in [6, 6.07) is 6.76. The van der Waals surface area contributed by atoms with Crippen molar-refractivity contribution in [2.75, 3.05) is 38.9 Å². The van der Waals surface area contributed by atoms with Gasteiger partial charge in [-0.3, -0.25) is 4.79 Å². The number of benzene rings is 2. The number of anilines is 1. The van der Waals surface area contributed by atoms with Gasteiger partial charge in [0.2, 0.25) is 0 Å². The Morgan fingerprint density at radius 3 is 2.51 bits per heavy atom. The van der Waals surface area contributed by atoms with Crippen molar-refractivity contribution >= 4 is 69.4 Å². The average molecular weight is 575 g/mol. The molecule has 2 amide bonds. The zero-order chi connectivity index (χ0) is 27.1. The first-order valence-corrected chi connectivity index (χ1v) is 12.1. The van der Waals surface area contributed by atoms with Gasteiger partial charge < -0.3 is 29.4 Å². The van der Waals surface area contributed by atoms with E-state index in [1.54, 1.807) is 13.0 Å². The van der Waals surface area contributed by atoms with Gasteiger partial charge in [-0.1, -0.05) is 34.8 Å². The van der Waals surface area contributed by atoms with Crippen molar-refractivity contribution < 1.29 is 33.0 Å². The lowest BCUT2D eigenvalue weighted by Crippen LogP contribution is -2.39. The number of urea groups is 1. The molecule has 3 aromatic rings. The Labute approximate surface area is 226 Å². The molecule has 3 rings (SSSR count). The van der Waals surface area contributed by atoms with Crippen LogP contribution in [0.3, 0.4) is 0 Å². The lowest BCUT2D eigenvalue weighted by molar-refractivity contribution is -0.141. The van der Waals surface area contributed by atoms with E-state index in [4.69, 9.17) is 49.0 Å². The summed E-state index contributed by atoms with van der Waals surface area (Å²) < 4.78 is 27.5. The van der Waals surface area contributed by atoms with Gasteiger partial charge in [-0.2, -0.15) is 0 Å². The molecule has 0 aliphatic carbocycles. The van der Waals surface area contributed by atoms with E-state index in [0.717, 1.165) is 4.90 Å². The number of nitrogens with zero attached hydrogens (tertiary/aromatic N) is 1. The monoisotopic (exact) mass is 573 g/mol. The Hall–Kier alpha value is -3.21. The highest BCUT2D eigenvalue weighted by molar-refractivity contribution is 6.39. The van der Waals surface area contributed by atoms with Crippen LogP contribution in [0.1, 0.15) is 23.0 Å². The first kappa shape index (κ1) is 28.4. The maximum atomic E-state index is 13.2. The zero-order valence-corrected chi connectivity index (χ0v) is 22.1. The standard InChI is InChI=1S/C24H23Cl3FN3O6/c1-3-36-23(33)22-15(21-17(27)8-13(25)9-18(21)30-22)11-31(12-20(32)35-2)24(34)29-14-4-5-19(16(26)10-14)37-7-6-28/h4-5,8-10,30H,3,6-7,11-12H2,1-2H3,(H,29,34). The highest BCUT2D eigenvalue weighted by Gasteiger charge is 2.26. The van der Waals surface area contributed by atoms with Gasteiger partial charge in [0, 0.05) is 27.2 Å². The highest BCUT2D eigenvalue weighted by Crippen LogP contribution is 2.34. The molecule has 0 aliphatic heterocycles. The van der Waals surface area contributed by atoms with Crippen molar-refractivity contribution in [1.82, 2.24) is 9.88 Å². The number of methoxy groups -OCH3 is 1. The maximum Gasteiger partial charge on any atom is 0.355 e. The number of aromatic nitrogens is 1. The van der Waals surface area contributed by atoms with Gasteiger partial charge in [0.05, 0.1) is 30.3 Å². The fourth-order valence-electron chi connectivity index (χ4n) is 3.51. The smallest absolute Gasteiger partial charge is 0.355 e. The molecule has 0 unspecified atom stereocenters. The number of carbonyl (C=O) groups is 3. The number of hydrogen-bond donors (Lipinski definition) is 2. The van der Waals surface area contributed by atoms with Crippen LogP contribution >= 0.6 is 34.8 Å². The van der Waals surface area contributed by atoms with Crippen molar-refractivity contribution in [3.63, 3.8) is 0 Å². The molecule has 37 heavy (non-hydrogen) atoms. The van der Waals surface area contributed by atoms with E-state index < -0.39 is 31.2 Å². The fourth-order valence-corrected chi connectivity index (χ4v) is 4.35. The van der Waals surface area contributed by atoms with Crippen molar-refractivity contribution in [1.29, 1.82) is 0 Å². The van der Waals surface area contributed by atoms with Crippen molar-refractivity contribution in [3.8, 4) is 5.75 Å². The minimum absolute atomic E-state index is 0.0566. The van der Waals surface area contributed by atoms with Crippen LogP contribution in [0.5, 0.6) is 5.75 Å². The number of H-pyrrole nitrogens is 1. The molecule has 0 bridgehead atoms. The normalized spacial score (nSPS) is 10.8. The predicted octanol–water partition coefficient (Wildman–Crippen LogP) is 5.86. The second-order valence-electron chi connectivity index (χ2n) is 7.55. The molecule has 2 N–H and O–H groups in total. The van der Waals surface area contributed by atoms with Crippen LogP contribution in [-0.2, 0) is 20.8 Å². The molecule has 0 aliphatic rings. The number of carbonyl (C=O) groups excluding carboxylic acids is 3. The molecule has 0 radical (unpaired) electrons. The molecular weight excluding hydrogens is 552 g/mol. The number of rotatable bonds is 10. The zero-order valence-electron chi connectivity index (χ0n) is 19.8. The molecule has 0 atom stereocenters. The predicted molar refractivity (Wildman–Crippen MR) is 139 cm³/mol. The molecule has 0 spiro atoms. The molecule has 0 saturated heterocycles. The number of alkyl halides is 1. The summed E-state index contributed by atoms with van der Waals surface area (Å²) in [4.78, 5) is 42.2. The number of halogens is 4. The average Bonchev–Trinajstić information content (AvgIpc) is 3.21. The third-order valence-electron chi connectivity index (χ3n) is 5.10. The van der Waals surface area contributed by atoms with Crippen LogP contribution in [0.25, 0.3) is 10.9 Å². The van der Waals surface area contributed by atoms with Crippen LogP contribution in [0.4, 0.5) is 14.9 Å². The van der Waals surface area contributed by atoms with Crippen LogP contribution < -0.4 is 10.1 Å². The number of nitrogens with one attached hydrogen (secondary N) is 2.